The lowest BCUT2D eigenvalue weighted by atomic mass is 10.1. The number of fused-ring (bicyclic) bond motifs is 2. The van der Waals surface area contributed by atoms with Gasteiger partial charge in [0.05, 0.1) is 5.52 Å². The van der Waals surface area contributed by atoms with Gasteiger partial charge < -0.3 is 16.4 Å². The molecule has 2 aromatic carbocycles. The molecule has 31 heavy (non-hydrogen) atoms. The molecule has 0 bridgehead atoms. The van der Waals surface area contributed by atoms with Crippen molar-refractivity contribution in [1.29, 1.82) is 0 Å². The van der Waals surface area contributed by atoms with Gasteiger partial charge in [0, 0.05) is 35.3 Å². The van der Waals surface area contributed by atoms with Crippen molar-refractivity contribution < 1.29 is 4.79 Å². The summed E-state index contributed by atoms with van der Waals surface area (Å²) < 4.78 is 1.97. The van der Waals surface area contributed by atoms with E-state index in [0.29, 0.717) is 18.1 Å². The Labute approximate surface area is 180 Å². The standard InChI is InChI=1S/C24H23N6O/c1-15-13-19-17(21(25)31)9-5-11-20(19)30(15)24-28-22-18(10-6-12-26-22)23(29-24)27-14-16-7-3-2-4-8-16/h2-3,5,7-9,11,13H,6,10,12,14H2,1H3,(H2,25,31)(H2,26,27,28,29). The number of aryl methyl sites for hydroxylation is 1. The van der Waals surface area contributed by atoms with Gasteiger partial charge in [-0.2, -0.15) is 9.97 Å². The van der Waals surface area contributed by atoms with Crippen LogP contribution >= 0.6 is 0 Å². The SMILES string of the molecule is Cc1cc2c(C(N)=O)cccc2n1-c1nc2c(c(NCc3c[c]ccc3)n1)CCCN2. The van der Waals surface area contributed by atoms with E-state index in [1.807, 2.05) is 47.9 Å². The summed E-state index contributed by atoms with van der Waals surface area (Å²) >= 11 is 0. The number of primary amides is 1. The van der Waals surface area contributed by atoms with Gasteiger partial charge in [-0.1, -0.05) is 24.3 Å². The number of carbonyl (C=O) groups excluding carboxylic acids is 1. The lowest BCUT2D eigenvalue weighted by Gasteiger charge is -2.22. The van der Waals surface area contributed by atoms with Crippen LogP contribution in [0.5, 0.6) is 0 Å². The number of carbonyl (C=O) groups is 1. The third-order valence-electron chi connectivity index (χ3n) is 5.62. The molecule has 0 unspecified atom stereocenters. The second kappa shape index (κ2) is 7.75. The quantitative estimate of drug-likeness (QED) is 0.466. The topological polar surface area (TPSA) is 97.9 Å². The number of nitrogens with zero attached hydrogens (tertiary/aromatic N) is 3. The van der Waals surface area contributed by atoms with Gasteiger partial charge in [0.2, 0.25) is 11.9 Å². The van der Waals surface area contributed by atoms with Gasteiger partial charge in [0.25, 0.3) is 0 Å². The van der Waals surface area contributed by atoms with Crippen molar-refractivity contribution >= 4 is 28.4 Å². The van der Waals surface area contributed by atoms with Crippen molar-refractivity contribution in [3.63, 3.8) is 0 Å². The van der Waals surface area contributed by atoms with Crippen LogP contribution in [-0.2, 0) is 13.0 Å². The van der Waals surface area contributed by atoms with Crippen LogP contribution in [0.15, 0.2) is 48.5 Å². The van der Waals surface area contributed by atoms with Crippen molar-refractivity contribution in [2.24, 2.45) is 5.73 Å². The number of nitrogens with one attached hydrogen (secondary N) is 2. The summed E-state index contributed by atoms with van der Waals surface area (Å²) in [6, 6.07) is 18.5. The fourth-order valence-electron chi connectivity index (χ4n) is 4.14. The smallest absolute Gasteiger partial charge is 0.249 e. The molecule has 5 rings (SSSR count). The zero-order valence-corrected chi connectivity index (χ0v) is 17.3. The first kappa shape index (κ1) is 19.1. The van der Waals surface area contributed by atoms with E-state index in [2.05, 4.69) is 22.8 Å². The number of hydrogen-bond acceptors (Lipinski definition) is 5. The second-order valence-corrected chi connectivity index (χ2v) is 7.72. The Morgan fingerprint density at radius 1 is 1.29 bits per heavy atom. The molecular weight excluding hydrogens is 388 g/mol. The highest BCUT2D eigenvalue weighted by Crippen LogP contribution is 2.31. The molecule has 0 saturated carbocycles. The van der Waals surface area contributed by atoms with E-state index in [1.54, 1.807) is 6.07 Å². The first-order valence-electron chi connectivity index (χ1n) is 10.4. The molecule has 1 aliphatic rings. The molecule has 0 aliphatic carbocycles. The number of anilines is 2. The van der Waals surface area contributed by atoms with Gasteiger partial charge >= 0.3 is 0 Å². The third kappa shape index (κ3) is 3.48. The van der Waals surface area contributed by atoms with Crippen LogP contribution < -0.4 is 16.4 Å². The highest BCUT2D eigenvalue weighted by atomic mass is 16.1. The molecule has 1 aliphatic heterocycles. The Morgan fingerprint density at radius 2 is 2.19 bits per heavy atom. The van der Waals surface area contributed by atoms with Crippen LogP contribution in [-0.4, -0.2) is 27.0 Å². The molecule has 3 heterocycles. The van der Waals surface area contributed by atoms with E-state index in [9.17, 15) is 4.79 Å². The number of amides is 1. The van der Waals surface area contributed by atoms with Crippen LogP contribution in [0.1, 0.15) is 33.6 Å². The summed E-state index contributed by atoms with van der Waals surface area (Å²) in [4.78, 5) is 21.6. The molecule has 155 valence electrons. The van der Waals surface area contributed by atoms with Crippen molar-refractivity contribution in [3.8, 4) is 5.95 Å². The molecule has 0 spiro atoms. The summed E-state index contributed by atoms with van der Waals surface area (Å²) in [6.07, 6.45) is 1.96. The van der Waals surface area contributed by atoms with Gasteiger partial charge in [0.1, 0.15) is 11.6 Å². The average Bonchev–Trinajstić information content (AvgIpc) is 3.13. The zero-order valence-electron chi connectivity index (χ0n) is 17.3. The Bertz CT molecular complexity index is 1280. The van der Waals surface area contributed by atoms with Crippen LogP contribution in [0.25, 0.3) is 16.9 Å². The minimum atomic E-state index is -0.446. The number of benzene rings is 2. The number of hydrogen-bond donors (Lipinski definition) is 3. The van der Waals surface area contributed by atoms with Gasteiger partial charge in [-0.3, -0.25) is 9.36 Å². The molecule has 1 amide bonds. The predicted molar refractivity (Wildman–Crippen MR) is 122 cm³/mol. The van der Waals surface area contributed by atoms with E-state index >= 15 is 0 Å². The molecule has 4 N–H and O–H groups in total. The van der Waals surface area contributed by atoms with E-state index < -0.39 is 5.91 Å². The molecule has 0 saturated heterocycles. The lowest BCUT2D eigenvalue weighted by molar-refractivity contribution is 0.100. The van der Waals surface area contributed by atoms with Crippen LogP contribution in [0.4, 0.5) is 11.6 Å². The fraction of sp³-hybridized carbons (Fsp3) is 0.208. The number of rotatable bonds is 5. The molecule has 4 aromatic rings. The van der Waals surface area contributed by atoms with Crippen LogP contribution in [0, 0.1) is 13.0 Å². The molecular formula is C24H23N6O. The third-order valence-corrected chi connectivity index (χ3v) is 5.62. The van der Waals surface area contributed by atoms with Gasteiger partial charge in [0.15, 0.2) is 0 Å². The number of nitrogens with two attached hydrogens (primary N) is 1. The normalized spacial score (nSPS) is 12.9. The summed E-state index contributed by atoms with van der Waals surface area (Å²) in [5.41, 5.74) is 10.1. The maximum absolute atomic E-state index is 11.9. The van der Waals surface area contributed by atoms with Crippen molar-refractivity contribution in [1.82, 2.24) is 14.5 Å². The Morgan fingerprint density at radius 3 is 3.00 bits per heavy atom. The Hall–Kier alpha value is -3.87. The Balaban J connectivity index is 1.62. The van der Waals surface area contributed by atoms with Crippen LogP contribution in [0.2, 0.25) is 0 Å². The molecule has 7 heteroatoms. The monoisotopic (exact) mass is 411 g/mol. The number of aromatic nitrogens is 3. The summed E-state index contributed by atoms with van der Waals surface area (Å²) in [6.45, 7) is 3.51. The Kier molecular flexibility index (Phi) is 4.78. The minimum absolute atomic E-state index is 0.446. The molecule has 0 fully saturated rings. The molecule has 2 aromatic heterocycles. The molecule has 7 nitrogen and oxygen atoms in total. The van der Waals surface area contributed by atoms with Gasteiger partial charge in [-0.25, -0.2) is 0 Å². The molecule has 1 radical (unpaired) electrons. The highest BCUT2D eigenvalue weighted by molar-refractivity contribution is 6.06. The van der Waals surface area contributed by atoms with Gasteiger partial charge in [-0.05, 0) is 55.7 Å². The van der Waals surface area contributed by atoms with Crippen molar-refractivity contribution in [2.45, 2.75) is 26.3 Å². The minimum Gasteiger partial charge on any atom is -0.370 e. The van der Waals surface area contributed by atoms with Crippen molar-refractivity contribution in [2.75, 3.05) is 17.2 Å². The summed E-state index contributed by atoms with van der Waals surface area (Å²) in [5, 5.41) is 7.71. The van der Waals surface area contributed by atoms with E-state index in [1.165, 1.54) is 0 Å². The highest BCUT2D eigenvalue weighted by Gasteiger charge is 2.21. The first-order valence-corrected chi connectivity index (χ1v) is 10.4. The summed E-state index contributed by atoms with van der Waals surface area (Å²) in [5.74, 6) is 1.79. The molecule has 0 atom stereocenters. The second-order valence-electron chi connectivity index (χ2n) is 7.72. The maximum Gasteiger partial charge on any atom is 0.249 e. The van der Waals surface area contributed by atoms with E-state index in [4.69, 9.17) is 15.7 Å². The van der Waals surface area contributed by atoms with Crippen molar-refractivity contribution in [3.05, 3.63) is 77.0 Å². The zero-order chi connectivity index (χ0) is 21.4. The predicted octanol–water partition coefficient (Wildman–Crippen LogP) is 3.60. The van der Waals surface area contributed by atoms with Gasteiger partial charge in [-0.15, -0.1) is 0 Å². The average molecular weight is 411 g/mol. The van der Waals surface area contributed by atoms with Crippen LogP contribution in [0.3, 0.4) is 0 Å². The van der Waals surface area contributed by atoms with E-state index in [-0.39, 0.29) is 0 Å². The maximum atomic E-state index is 11.9. The largest absolute Gasteiger partial charge is 0.370 e. The first-order chi connectivity index (χ1) is 15.1. The summed E-state index contributed by atoms with van der Waals surface area (Å²) in [7, 11) is 0. The lowest BCUT2D eigenvalue weighted by Crippen LogP contribution is -2.19. The fourth-order valence-corrected chi connectivity index (χ4v) is 4.14. The van der Waals surface area contributed by atoms with E-state index in [0.717, 1.165) is 58.7 Å².